The lowest BCUT2D eigenvalue weighted by molar-refractivity contribution is -0.124. The van der Waals surface area contributed by atoms with Gasteiger partial charge in [0.1, 0.15) is 5.56 Å². The zero-order valence-corrected chi connectivity index (χ0v) is 11.3. The Morgan fingerprint density at radius 1 is 1.47 bits per heavy atom. The maximum Gasteiger partial charge on any atom is 0.256 e. The SMILES string of the molecule is CNC(=O)c1c(NC(=O)C2(C)CCOC2)n[nH]c1C. The molecule has 2 rings (SSSR count). The minimum absolute atomic E-state index is 0.179. The summed E-state index contributed by atoms with van der Waals surface area (Å²) in [4.78, 5) is 24.0. The van der Waals surface area contributed by atoms with E-state index in [2.05, 4.69) is 20.8 Å². The molecule has 0 spiro atoms. The van der Waals surface area contributed by atoms with Gasteiger partial charge in [0, 0.05) is 19.3 Å². The van der Waals surface area contributed by atoms with Crippen LogP contribution in [0.25, 0.3) is 0 Å². The lowest BCUT2D eigenvalue weighted by Crippen LogP contribution is -2.34. The zero-order chi connectivity index (χ0) is 14.0. The quantitative estimate of drug-likeness (QED) is 0.739. The summed E-state index contributed by atoms with van der Waals surface area (Å²) in [6.07, 6.45) is 0.664. The summed E-state index contributed by atoms with van der Waals surface area (Å²) in [5, 5.41) is 11.9. The lowest BCUT2D eigenvalue weighted by atomic mass is 9.89. The highest BCUT2D eigenvalue weighted by atomic mass is 16.5. The molecule has 1 unspecified atom stereocenters. The Labute approximate surface area is 111 Å². The summed E-state index contributed by atoms with van der Waals surface area (Å²) in [5.74, 6) is -0.203. The summed E-state index contributed by atoms with van der Waals surface area (Å²) in [7, 11) is 1.53. The Bertz CT molecular complexity index is 503. The van der Waals surface area contributed by atoms with Gasteiger partial charge in [0.25, 0.3) is 5.91 Å². The van der Waals surface area contributed by atoms with E-state index in [1.54, 1.807) is 6.92 Å². The Morgan fingerprint density at radius 2 is 2.21 bits per heavy atom. The number of carbonyl (C=O) groups excluding carboxylic acids is 2. The number of H-pyrrole nitrogens is 1. The van der Waals surface area contributed by atoms with Crippen LogP contribution in [0.15, 0.2) is 0 Å². The lowest BCUT2D eigenvalue weighted by Gasteiger charge is -2.19. The topological polar surface area (TPSA) is 96.1 Å². The molecule has 1 aromatic heterocycles. The van der Waals surface area contributed by atoms with Gasteiger partial charge in [0.15, 0.2) is 5.82 Å². The summed E-state index contributed by atoms with van der Waals surface area (Å²) in [6.45, 7) is 4.53. The Morgan fingerprint density at radius 3 is 2.79 bits per heavy atom. The number of hydrogen-bond donors (Lipinski definition) is 3. The van der Waals surface area contributed by atoms with Crippen LogP contribution < -0.4 is 10.6 Å². The number of ether oxygens (including phenoxy) is 1. The van der Waals surface area contributed by atoms with Gasteiger partial charge in [-0.15, -0.1) is 0 Å². The van der Waals surface area contributed by atoms with Crippen LogP contribution >= 0.6 is 0 Å². The molecule has 3 N–H and O–H groups in total. The van der Waals surface area contributed by atoms with Crippen molar-refractivity contribution in [3.05, 3.63) is 11.3 Å². The summed E-state index contributed by atoms with van der Waals surface area (Å²) in [6, 6.07) is 0. The number of hydrogen-bond acceptors (Lipinski definition) is 4. The Balaban J connectivity index is 2.20. The number of aromatic amines is 1. The standard InChI is InChI=1S/C12H18N4O3/c1-7-8(10(17)13-3)9(16-15-7)14-11(18)12(2)4-5-19-6-12/h4-6H2,1-3H3,(H,13,17)(H2,14,15,16,18). The smallest absolute Gasteiger partial charge is 0.256 e. The summed E-state index contributed by atoms with van der Waals surface area (Å²) < 4.78 is 5.25. The second-order valence-corrected chi connectivity index (χ2v) is 4.97. The first-order chi connectivity index (χ1) is 8.98. The van der Waals surface area contributed by atoms with Crippen molar-refractivity contribution in [2.24, 2.45) is 5.41 Å². The zero-order valence-electron chi connectivity index (χ0n) is 11.3. The first kappa shape index (κ1) is 13.5. The molecule has 2 amide bonds. The van der Waals surface area contributed by atoms with E-state index >= 15 is 0 Å². The molecule has 7 nitrogen and oxygen atoms in total. The van der Waals surface area contributed by atoms with Gasteiger partial charge in [-0.05, 0) is 20.3 Å². The van der Waals surface area contributed by atoms with Crippen LogP contribution in [0.3, 0.4) is 0 Å². The number of nitrogens with zero attached hydrogens (tertiary/aromatic N) is 1. The average molecular weight is 266 g/mol. The molecule has 0 saturated carbocycles. The second kappa shape index (κ2) is 5.00. The highest BCUT2D eigenvalue weighted by Crippen LogP contribution is 2.29. The molecule has 0 aromatic carbocycles. The van der Waals surface area contributed by atoms with E-state index in [0.717, 1.165) is 0 Å². The molecule has 104 valence electrons. The number of aryl methyl sites for hydroxylation is 1. The van der Waals surface area contributed by atoms with Crippen LogP contribution in [0, 0.1) is 12.3 Å². The van der Waals surface area contributed by atoms with Gasteiger partial charge in [-0.2, -0.15) is 5.10 Å². The Kier molecular flexibility index (Phi) is 3.57. The van der Waals surface area contributed by atoms with Crippen LogP contribution in [0.4, 0.5) is 5.82 Å². The number of aromatic nitrogens is 2. The van der Waals surface area contributed by atoms with Crippen LogP contribution in [0.2, 0.25) is 0 Å². The monoisotopic (exact) mass is 266 g/mol. The van der Waals surface area contributed by atoms with E-state index in [9.17, 15) is 9.59 Å². The van der Waals surface area contributed by atoms with Crippen molar-refractivity contribution in [2.45, 2.75) is 20.3 Å². The van der Waals surface area contributed by atoms with Crippen molar-refractivity contribution < 1.29 is 14.3 Å². The molecule has 0 radical (unpaired) electrons. The van der Waals surface area contributed by atoms with Crippen LogP contribution in [-0.4, -0.2) is 42.3 Å². The van der Waals surface area contributed by atoms with Gasteiger partial charge in [-0.25, -0.2) is 0 Å². The van der Waals surface area contributed by atoms with E-state index in [4.69, 9.17) is 4.74 Å². The molecule has 19 heavy (non-hydrogen) atoms. The van der Waals surface area contributed by atoms with Gasteiger partial charge >= 0.3 is 0 Å². The van der Waals surface area contributed by atoms with Crippen LogP contribution in [-0.2, 0) is 9.53 Å². The fourth-order valence-corrected chi connectivity index (χ4v) is 2.03. The first-order valence-corrected chi connectivity index (χ1v) is 6.14. The number of anilines is 1. The minimum Gasteiger partial charge on any atom is -0.380 e. The second-order valence-electron chi connectivity index (χ2n) is 4.97. The third-order valence-electron chi connectivity index (χ3n) is 3.40. The predicted octanol–water partition coefficient (Wildman–Crippen LogP) is 0.443. The summed E-state index contributed by atoms with van der Waals surface area (Å²) >= 11 is 0. The van der Waals surface area contributed by atoms with Crippen molar-refractivity contribution >= 4 is 17.6 Å². The maximum absolute atomic E-state index is 12.2. The molecule has 1 saturated heterocycles. The van der Waals surface area contributed by atoms with Crippen molar-refractivity contribution in [3.8, 4) is 0 Å². The summed E-state index contributed by atoms with van der Waals surface area (Å²) in [5.41, 5.74) is 0.410. The van der Waals surface area contributed by atoms with Crippen LogP contribution in [0.1, 0.15) is 29.4 Å². The van der Waals surface area contributed by atoms with Crippen LogP contribution in [0.5, 0.6) is 0 Å². The number of nitrogens with one attached hydrogen (secondary N) is 3. The number of rotatable bonds is 3. The molecule has 1 aliphatic heterocycles. The normalized spacial score (nSPS) is 22.3. The highest BCUT2D eigenvalue weighted by molar-refractivity contribution is 6.04. The van der Waals surface area contributed by atoms with E-state index in [1.807, 2.05) is 6.92 Å². The number of amides is 2. The number of carbonyl (C=O) groups is 2. The van der Waals surface area contributed by atoms with Crippen molar-refractivity contribution in [2.75, 3.05) is 25.6 Å². The molecule has 0 aliphatic carbocycles. The van der Waals surface area contributed by atoms with Gasteiger partial charge < -0.3 is 15.4 Å². The molecule has 2 heterocycles. The fourth-order valence-electron chi connectivity index (χ4n) is 2.03. The Hall–Kier alpha value is -1.89. The fraction of sp³-hybridized carbons (Fsp3) is 0.583. The van der Waals surface area contributed by atoms with Gasteiger partial charge in [0.05, 0.1) is 12.0 Å². The third kappa shape index (κ3) is 2.46. The van der Waals surface area contributed by atoms with E-state index in [0.29, 0.717) is 30.9 Å². The van der Waals surface area contributed by atoms with Crippen molar-refractivity contribution in [3.63, 3.8) is 0 Å². The molecule has 1 aromatic rings. The van der Waals surface area contributed by atoms with Gasteiger partial charge in [0.2, 0.25) is 5.91 Å². The molecule has 0 bridgehead atoms. The van der Waals surface area contributed by atoms with E-state index in [-0.39, 0.29) is 17.6 Å². The van der Waals surface area contributed by atoms with Crippen molar-refractivity contribution in [1.82, 2.24) is 15.5 Å². The van der Waals surface area contributed by atoms with Gasteiger partial charge in [-0.3, -0.25) is 14.7 Å². The molecular weight excluding hydrogens is 248 g/mol. The minimum atomic E-state index is -0.563. The molecule has 1 fully saturated rings. The van der Waals surface area contributed by atoms with E-state index in [1.165, 1.54) is 7.05 Å². The third-order valence-corrected chi connectivity index (χ3v) is 3.40. The molecule has 1 atom stereocenters. The molecular formula is C12H18N4O3. The maximum atomic E-state index is 12.2. The first-order valence-electron chi connectivity index (χ1n) is 6.14. The molecule has 1 aliphatic rings. The van der Waals surface area contributed by atoms with E-state index < -0.39 is 5.41 Å². The molecule has 7 heteroatoms. The largest absolute Gasteiger partial charge is 0.380 e. The van der Waals surface area contributed by atoms with Crippen molar-refractivity contribution in [1.29, 1.82) is 0 Å². The average Bonchev–Trinajstić information content (AvgIpc) is 2.97. The predicted molar refractivity (Wildman–Crippen MR) is 68.9 cm³/mol. The highest BCUT2D eigenvalue weighted by Gasteiger charge is 2.38. The van der Waals surface area contributed by atoms with Gasteiger partial charge in [-0.1, -0.05) is 0 Å².